The van der Waals surface area contributed by atoms with Crippen LogP contribution in [0.25, 0.3) is 11.1 Å². The zero-order valence-corrected chi connectivity index (χ0v) is 22.0. The third-order valence-corrected chi connectivity index (χ3v) is 7.61. The van der Waals surface area contributed by atoms with Gasteiger partial charge >= 0.3 is 18.0 Å². The third-order valence-electron chi connectivity index (χ3n) is 6.67. The molecule has 1 heterocycles. The molecule has 0 unspecified atom stereocenters. The number of carbonyl (C=O) groups is 3. The Kier molecular flexibility index (Phi) is 7.92. The average molecular weight is 523 g/mol. The molecule has 1 aromatic heterocycles. The minimum absolute atomic E-state index is 0.00227. The lowest BCUT2D eigenvalue weighted by Gasteiger charge is -2.33. The van der Waals surface area contributed by atoms with Gasteiger partial charge in [0.15, 0.2) is 11.8 Å². The highest BCUT2D eigenvalue weighted by Crippen LogP contribution is 2.44. The molecule has 9 heteroatoms. The first-order valence-corrected chi connectivity index (χ1v) is 13.0. The quantitative estimate of drug-likeness (QED) is 0.357. The summed E-state index contributed by atoms with van der Waals surface area (Å²) in [5.74, 6) is -1.72. The highest BCUT2D eigenvalue weighted by atomic mass is 32.1. The van der Waals surface area contributed by atoms with Gasteiger partial charge in [-0.05, 0) is 28.2 Å². The van der Waals surface area contributed by atoms with Crippen LogP contribution in [0.5, 0.6) is 0 Å². The Hall–Kier alpha value is -3.72. The molecule has 0 saturated carbocycles. The summed E-state index contributed by atoms with van der Waals surface area (Å²) in [6.07, 6.45) is -1.01. The first kappa shape index (κ1) is 26.3. The van der Waals surface area contributed by atoms with Crippen LogP contribution in [0, 0.1) is 5.92 Å². The predicted octanol–water partition coefficient (Wildman–Crippen LogP) is 5.74. The van der Waals surface area contributed by atoms with E-state index in [-0.39, 0.29) is 36.6 Å². The first-order chi connectivity index (χ1) is 17.7. The fraction of sp³-hybridized carbons (Fsp3) is 0.357. The lowest BCUT2D eigenvalue weighted by atomic mass is 9.96. The largest absolute Gasteiger partial charge is 0.476 e. The fourth-order valence-electron chi connectivity index (χ4n) is 4.86. The van der Waals surface area contributed by atoms with Gasteiger partial charge in [0.1, 0.15) is 11.6 Å². The van der Waals surface area contributed by atoms with Crippen LogP contribution in [-0.2, 0) is 14.3 Å². The summed E-state index contributed by atoms with van der Waals surface area (Å²) in [4.78, 5) is 42.0. The Bertz CT molecular complexity index is 1260. The van der Waals surface area contributed by atoms with Gasteiger partial charge in [-0.15, -0.1) is 11.3 Å². The van der Waals surface area contributed by atoms with Crippen molar-refractivity contribution in [2.75, 3.05) is 13.7 Å². The number of aromatic nitrogens is 1. The van der Waals surface area contributed by atoms with E-state index < -0.39 is 24.1 Å². The van der Waals surface area contributed by atoms with E-state index in [1.807, 2.05) is 38.1 Å². The summed E-state index contributed by atoms with van der Waals surface area (Å²) in [7, 11) is 1.67. The molecule has 8 nitrogen and oxygen atoms in total. The van der Waals surface area contributed by atoms with Crippen LogP contribution in [0.3, 0.4) is 0 Å². The van der Waals surface area contributed by atoms with E-state index in [1.54, 1.807) is 7.05 Å². The van der Waals surface area contributed by atoms with E-state index in [4.69, 9.17) is 9.47 Å². The van der Waals surface area contributed by atoms with Crippen molar-refractivity contribution in [3.05, 3.63) is 75.7 Å². The SMILES string of the molecule is CC(=O)O[C@H](C[C@H](C(C)C)N(C)C(=O)OCC1c2ccccc2-c2ccccc21)c1nc(C(=O)O)cs1. The number of carboxylic acid groups (broad SMARTS) is 1. The average Bonchev–Trinajstić information content (AvgIpc) is 3.48. The van der Waals surface area contributed by atoms with Crippen molar-refractivity contribution in [2.45, 2.75) is 45.3 Å². The molecule has 0 radical (unpaired) electrons. The lowest BCUT2D eigenvalue weighted by molar-refractivity contribution is -0.147. The minimum atomic E-state index is -1.15. The zero-order chi connectivity index (χ0) is 26.7. The van der Waals surface area contributed by atoms with Gasteiger partial charge in [0.2, 0.25) is 0 Å². The number of thiazole rings is 1. The highest BCUT2D eigenvalue weighted by molar-refractivity contribution is 7.09. The van der Waals surface area contributed by atoms with Gasteiger partial charge in [-0.1, -0.05) is 62.4 Å². The van der Waals surface area contributed by atoms with Crippen molar-refractivity contribution in [1.82, 2.24) is 9.88 Å². The smallest absolute Gasteiger partial charge is 0.409 e. The summed E-state index contributed by atoms with van der Waals surface area (Å²) in [6, 6.07) is 15.9. The van der Waals surface area contributed by atoms with Crippen LogP contribution in [0.15, 0.2) is 53.9 Å². The number of hydrogen-bond donors (Lipinski definition) is 1. The molecular formula is C28H30N2O6S. The van der Waals surface area contributed by atoms with E-state index in [0.717, 1.165) is 33.6 Å². The molecule has 0 bridgehead atoms. The molecule has 1 aliphatic carbocycles. The molecule has 2 atom stereocenters. The van der Waals surface area contributed by atoms with Crippen LogP contribution >= 0.6 is 11.3 Å². The maximum atomic E-state index is 13.2. The van der Waals surface area contributed by atoms with Crippen LogP contribution in [0.2, 0.25) is 0 Å². The lowest BCUT2D eigenvalue weighted by Crippen LogP contribution is -2.42. The number of aromatic carboxylic acids is 1. The van der Waals surface area contributed by atoms with Crippen LogP contribution in [-0.4, -0.2) is 52.7 Å². The standard InChI is InChI=1S/C28H30N2O6S/c1-16(2)24(13-25(36-17(3)31)26-29-23(15-37-26)27(32)33)30(4)28(34)35-14-22-20-11-7-5-9-18(20)19-10-6-8-12-21(19)22/h5-12,15-16,22,24-25H,13-14H2,1-4H3,(H,32,33)/t24-,25-/m1/s1. The van der Waals surface area contributed by atoms with Gasteiger partial charge in [-0.25, -0.2) is 14.6 Å². The topological polar surface area (TPSA) is 106 Å². The zero-order valence-electron chi connectivity index (χ0n) is 21.2. The molecule has 0 saturated heterocycles. The molecule has 1 amide bonds. The van der Waals surface area contributed by atoms with Gasteiger partial charge in [0, 0.05) is 37.7 Å². The number of esters is 1. The molecule has 0 fully saturated rings. The van der Waals surface area contributed by atoms with Crippen molar-refractivity contribution in [2.24, 2.45) is 5.92 Å². The summed E-state index contributed by atoms with van der Waals surface area (Å²) in [6.45, 7) is 5.42. The molecule has 1 N–H and O–H groups in total. The van der Waals surface area contributed by atoms with Gasteiger partial charge in [-0.2, -0.15) is 0 Å². The first-order valence-electron chi connectivity index (χ1n) is 12.1. The predicted molar refractivity (Wildman–Crippen MR) is 140 cm³/mol. The van der Waals surface area contributed by atoms with Crippen LogP contribution < -0.4 is 0 Å². The van der Waals surface area contributed by atoms with Crippen molar-refractivity contribution < 1.29 is 29.0 Å². The van der Waals surface area contributed by atoms with E-state index >= 15 is 0 Å². The summed E-state index contributed by atoms with van der Waals surface area (Å²) in [5, 5.41) is 11.0. The van der Waals surface area contributed by atoms with Crippen LogP contribution in [0.1, 0.15) is 65.8 Å². The molecule has 0 aliphatic heterocycles. The van der Waals surface area contributed by atoms with Crippen molar-refractivity contribution in [1.29, 1.82) is 0 Å². The molecule has 37 heavy (non-hydrogen) atoms. The highest BCUT2D eigenvalue weighted by Gasteiger charge is 2.33. The number of carboxylic acids is 1. The molecule has 2 aromatic carbocycles. The Labute approximate surface area is 219 Å². The van der Waals surface area contributed by atoms with Gasteiger partial charge in [0.05, 0.1) is 0 Å². The maximum Gasteiger partial charge on any atom is 0.409 e. The maximum absolute atomic E-state index is 13.2. The second-order valence-electron chi connectivity index (χ2n) is 9.44. The number of fused-ring (bicyclic) bond motifs is 3. The van der Waals surface area contributed by atoms with Crippen LogP contribution in [0.4, 0.5) is 4.79 Å². The van der Waals surface area contributed by atoms with E-state index in [1.165, 1.54) is 17.2 Å². The second-order valence-corrected chi connectivity index (χ2v) is 10.3. The van der Waals surface area contributed by atoms with Gasteiger partial charge in [0.25, 0.3) is 0 Å². The third kappa shape index (κ3) is 5.67. The van der Waals surface area contributed by atoms with Gasteiger partial charge < -0.3 is 19.5 Å². The van der Waals surface area contributed by atoms with Crippen molar-refractivity contribution in [3.8, 4) is 11.1 Å². The summed E-state index contributed by atoms with van der Waals surface area (Å²) in [5.41, 5.74) is 4.46. The molecular weight excluding hydrogens is 492 g/mol. The molecule has 194 valence electrons. The number of nitrogens with zero attached hydrogens (tertiary/aromatic N) is 2. The Morgan fingerprint density at radius 2 is 1.65 bits per heavy atom. The summed E-state index contributed by atoms with van der Waals surface area (Å²) < 4.78 is 11.3. The molecule has 4 rings (SSSR count). The van der Waals surface area contributed by atoms with E-state index in [2.05, 4.69) is 29.2 Å². The monoisotopic (exact) mass is 522 g/mol. The Balaban J connectivity index is 1.49. The number of amides is 1. The number of carbonyl (C=O) groups excluding carboxylic acids is 2. The number of rotatable bonds is 9. The number of benzene rings is 2. The Morgan fingerprint density at radius 1 is 1.05 bits per heavy atom. The van der Waals surface area contributed by atoms with Crippen molar-refractivity contribution >= 4 is 29.4 Å². The molecule has 3 aromatic rings. The van der Waals surface area contributed by atoms with E-state index in [9.17, 15) is 19.5 Å². The molecule has 1 aliphatic rings. The van der Waals surface area contributed by atoms with E-state index in [0.29, 0.717) is 5.01 Å². The minimum Gasteiger partial charge on any atom is -0.476 e. The number of ether oxygens (including phenoxy) is 2. The normalized spacial score (nSPS) is 14.0. The van der Waals surface area contributed by atoms with Crippen molar-refractivity contribution in [3.63, 3.8) is 0 Å². The summed E-state index contributed by atoms with van der Waals surface area (Å²) >= 11 is 1.11. The van der Waals surface area contributed by atoms with Gasteiger partial charge in [-0.3, -0.25) is 4.79 Å². The second kappa shape index (κ2) is 11.1. The Morgan fingerprint density at radius 3 is 2.16 bits per heavy atom. The number of hydrogen-bond acceptors (Lipinski definition) is 7. The molecule has 0 spiro atoms. The fourth-order valence-corrected chi connectivity index (χ4v) is 5.69.